The number of Topliss-reactive ketones (excluding diaryl/α,β-unsaturated/α-hetero) is 2. The van der Waals surface area contributed by atoms with Crippen molar-refractivity contribution in [2.75, 3.05) is 5.75 Å². The van der Waals surface area contributed by atoms with Crippen molar-refractivity contribution in [3.05, 3.63) is 0 Å². The van der Waals surface area contributed by atoms with Crippen molar-refractivity contribution >= 4 is 31.4 Å². The number of aliphatic hydroxyl groups is 1. The van der Waals surface area contributed by atoms with Crippen molar-refractivity contribution in [1.82, 2.24) is 0 Å². The van der Waals surface area contributed by atoms with Gasteiger partial charge in [-0.15, -0.1) is 11.4 Å². The zero-order chi connectivity index (χ0) is 28.9. The zero-order valence-electron chi connectivity index (χ0n) is 26.3. The third-order valence-corrected chi connectivity index (χ3v) is 9.31. The van der Waals surface area contributed by atoms with E-state index in [0.717, 1.165) is 38.5 Å². The Balaban J connectivity index is 3.85. The second-order valence-electron chi connectivity index (χ2n) is 12.0. The molecular weight excluding hydrogens is 519 g/mol. The van der Waals surface area contributed by atoms with Crippen LogP contribution in [0.1, 0.15) is 194 Å². The third-order valence-electron chi connectivity index (χ3n) is 8.23. The van der Waals surface area contributed by atoms with Crippen LogP contribution in [0.2, 0.25) is 0 Å². The molecule has 0 aliphatic carbocycles. The monoisotopic (exact) mass is 586 g/mol. The average molecular weight is 587 g/mol. The van der Waals surface area contributed by atoms with E-state index in [1.54, 1.807) is 0 Å². The lowest BCUT2D eigenvalue weighted by Gasteiger charge is -2.24. The van der Waals surface area contributed by atoms with E-state index in [4.69, 9.17) is 0 Å². The lowest BCUT2D eigenvalue weighted by atomic mass is 9.88. The van der Waals surface area contributed by atoms with Gasteiger partial charge in [-0.1, -0.05) is 176 Å². The molecule has 1 unspecified atom stereocenters. The minimum Gasteiger partial charge on any atom is -0.374 e. The molecule has 0 saturated heterocycles. The van der Waals surface area contributed by atoms with E-state index in [0.29, 0.717) is 12.8 Å². The highest BCUT2D eigenvalue weighted by atomic mass is 32.7. The van der Waals surface area contributed by atoms with Crippen LogP contribution >= 0.6 is 19.8 Å². The third kappa shape index (κ3) is 23.3. The number of unbranched alkanes of at least 4 members (excludes halogenated alkanes) is 24. The summed E-state index contributed by atoms with van der Waals surface area (Å²) in [7, 11) is 2.48. The number of hydrogen-bond acceptors (Lipinski definition) is 4. The molecule has 0 aromatic rings. The van der Waals surface area contributed by atoms with Crippen LogP contribution in [-0.4, -0.2) is 28.0 Å². The molecule has 0 aromatic heterocycles. The maximum atomic E-state index is 12.8. The number of carbonyl (C=O) groups is 2. The summed E-state index contributed by atoms with van der Waals surface area (Å²) in [6, 6.07) is 0. The molecule has 1 N–H and O–H groups in total. The molecule has 0 spiro atoms. The fraction of sp³-hybridized carbons (Fsp3) is 0.941. The number of hydrogen-bond donors (Lipinski definition) is 1. The van der Waals surface area contributed by atoms with Gasteiger partial charge in [0, 0.05) is 18.6 Å². The maximum absolute atomic E-state index is 12.8. The summed E-state index contributed by atoms with van der Waals surface area (Å²) >= 11 is 1.31. The lowest BCUT2D eigenvalue weighted by Crippen LogP contribution is -2.48. The average Bonchev–Trinajstić information content (AvgIpc) is 2.93. The molecule has 0 aliphatic heterocycles. The summed E-state index contributed by atoms with van der Waals surface area (Å²) in [5.74, 6) is -0.368. The Kier molecular flexibility index (Phi) is 29.6. The molecule has 0 radical (unpaired) electrons. The highest BCUT2D eigenvalue weighted by molar-refractivity contribution is 8.43. The van der Waals surface area contributed by atoms with Gasteiger partial charge < -0.3 is 5.11 Å². The molecule has 0 aliphatic rings. The molecule has 1 atom stereocenters. The number of rotatable bonds is 32. The predicted molar refractivity (Wildman–Crippen MR) is 178 cm³/mol. The van der Waals surface area contributed by atoms with Crippen LogP contribution in [-0.2, 0) is 9.59 Å². The van der Waals surface area contributed by atoms with E-state index in [1.807, 2.05) is 0 Å². The van der Waals surface area contributed by atoms with Crippen molar-refractivity contribution in [2.24, 2.45) is 0 Å². The van der Waals surface area contributed by atoms with E-state index < -0.39 is 5.60 Å². The molecule has 5 heteroatoms. The Labute approximate surface area is 250 Å². The largest absolute Gasteiger partial charge is 0.374 e. The predicted octanol–water partition coefficient (Wildman–Crippen LogP) is 11.3. The van der Waals surface area contributed by atoms with Gasteiger partial charge in [0.15, 0.2) is 17.2 Å². The van der Waals surface area contributed by atoms with Crippen LogP contribution in [0.5, 0.6) is 0 Å². The molecule has 0 rings (SSSR count). The summed E-state index contributed by atoms with van der Waals surface area (Å²) in [4.78, 5) is 25.7. The van der Waals surface area contributed by atoms with Crippen molar-refractivity contribution in [3.63, 3.8) is 0 Å². The Morgan fingerprint density at radius 3 is 0.949 bits per heavy atom. The fourth-order valence-corrected chi connectivity index (χ4v) is 6.74. The normalized spacial score (nSPS) is 11.8. The van der Waals surface area contributed by atoms with Gasteiger partial charge in [-0.05, 0) is 12.8 Å². The van der Waals surface area contributed by atoms with Crippen molar-refractivity contribution in [3.8, 4) is 0 Å². The van der Waals surface area contributed by atoms with Crippen LogP contribution in [0, 0.1) is 0 Å². The molecule has 39 heavy (non-hydrogen) atoms. The van der Waals surface area contributed by atoms with Crippen LogP contribution in [0.4, 0.5) is 0 Å². The second-order valence-corrected chi connectivity index (χ2v) is 13.6. The first-order chi connectivity index (χ1) is 19.0. The molecule has 0 aromatic carbocycles. The first-order valence-electron chi connectivity index (χ1n) is 17.1. The van der Waals surface area contributed by atoms with Crippen molar-refractivity contribution in [1.29, 1.82) is 0 Å². The van der Waals surface area contributed by atoms with E-state index in [2.05, 4.69) is 22.3 Å². The SMILES string of the molecule is CCCCCCCCCCCCCCCC(=O)C(O)(CSP)C(=O)CCCCCCCCCCCCCCC. The fourth-order valence-electron chi connectivity index (χ4n) is 5.46. The standard InChI is InChI=1S/C34H67O3PS/c1-3-5-7-9-11-13-15-17-19-21-23-25-27-29-32(35)34(37,31-39-38)33(36)30-28-26-24-22-20-18-16-14-12-10-8-6-4-2/h37H,3-31,38H2,1-2H3. The summed E-state index contributed by atoms with van der Waals surface area (Å²) in [5, 5.41) is 11.0. The van der Waals surface area contributed by atoms with E-state index in [1.165, 1.54) is 140 Å². The van der Waals surface area contributed by atoms with Crippen molar-refractivity contribution < 1.29 is 14.7 Å². The molecular formula is C34H67O3PS. The van der Waals surface area contributed by atoms with E-state index in [9.17, 15) is 14.7 Å². The first kappa shape index (κ1) is 39.1. The highest BCUT2D eigenvalue weighted by Crippen LogP contribution is 2.25. The Morgan fingerprint density at radius 2 is 0.718 bits per heavy atom. The summed E-state index contributed by atoms with van der Waals surface area (Å²) in [6.45, 7) is 4.53. The molecule has 0 fully saturated rings. The van der Waals surface area contributed by atoms with Gasteiger partial charge in [-0.2, -0.15) is 0 Å². The van der Waals surface area contributed by atoms with Crippen LogP contribution in [0.15, 0.2) is 0 Å². The van der Waals surface area contributed by atoms with Gasteiger partial charge >= 0.3 is 0 Å². The molecule has 0 bridgehead atoms. The molecule has 3 nitrogen and oxygen atoms in total. The molecule has 232 valence electrons. The van der Waals surface area contributed by atoms with Gasteiger partial charge in [0.05, 0.1) is 0 Å². The van der Waals surface area contributed by atoms with Gasteiger partial charge in [0.25, 0.3) is 0 Å². The topological polar surface area (TPSA) is 54.4 Å². The first-order valence-corrected chi connectivity index (χ1v) is 19.6. The summed E-state index contributed by atoms with van der Waals surface area (Å²) in [5.41, 5.74) is -1.79. The molecule has 0 saturated carbocycles. The van der Waals surface area contributed by atoms with Gasteiger partial charge in [-0.3, -0.25) is 9.59 Å². The van der Waals surface area contributed by atoms with Crippen molar-refractivity contribution in [2.45, 2.75) is 199 Å². The van der Waals surface area contributed by atoms with Crippen LogP contribution < -0.4 is 0 Å². The quantitative estimate of drug-likeness (QED) is 0.0484. The number of carbonyl (C=O) groups excluding carboxylic acids is 2. The molecule has 0 amide bonds. The maximum Gasteiger partial charge on any atom is 0.190 e. The Hall–Kier alpha value is 0.0800. The second kappa shape index (κ2) is 29.6. The van der Waals surface area contributed by atoms with Gasteiger partial charge in [0.1, 0.15) is 0 Å². The van der Waals surface area contributed by atoms with E-state index in [-0.39, 0.29) is 17.3 Å². The lowest BCUT2D eigenvalue weighted by molar-refractivity contribution is -0.148. The van der Waals surface area contributed by atoms with Crippen LogP contribution in [0.25, 0.3) is 0 Å². The zero-order valence-corrected chi connectivity index (χ0v) is 28.2. The highest BCUT2D eigenvalue weighted by Gasteiger charge is 2.41. The smallest absolute Gasteiger partial charge is 0.190 e. The van der Waals surface area contributed by atoms with Gasteiger partial charge in [0.2, 0.25) is 0 Å². The summed E-state index contributed by atoms with van der Waals surface area (Å²) < 4.78 is 0. The minimum atomic E-state index is -1.79. The summed E-state index contributed by atoms with van der Waals surface area (Å²) in [6.07, 6.45) is 33.4. The number of ketones is 2. The Morgan fingerprint density at radius 1 is 0.487 bits per heavy atom. The minimum absolute atomic E-state index is 0.159. The van der Waals surface area contributed by atoms with Gasteiger partial charge in [-0.25, -0.2) is 0 Å². The molecule has 0 heterocycles. The Bertz CT molecular complexity index is 513. The van der Waals surface area contributed by atoms with E-state index >= 15 is 0 Å². The van der Waals surface area contributed by atoms with Crippen LogP contribution in [0.3, 0.4) is 0 Å².